The van der Waals surface area contributed by atoms with Gasteiger partial charge in [-0.05, 0) is 38.0 Å². The molecule has 0 aromatic carbocycles. The van der Waals surface area contributed by atoms with Crippen LogP contribution in [0.5, 0.6) is 0 Å². The van der Waals surface area contributed by atoms with Gasteiger partial charge in [0, 0.05) is 24.9 Å². The number of hydrogen-bond acceptors (Lipinski definition) is 4. The smallest absolute Gasteiger partial charge is 0.211 e. The van der Waals surface area contributed by atoms with E-state index in [0.717, 1.165) is 31.6 Å². The number of nitrogens with zero attached hydrogens (tertiary/aromatic N) is 1. The molecule has 6 heteroatoms. The molecule has 0 aromatic rings. The zero-order valence-electron chi connectivity index (χ0n) is 11.7. The van der Waals surface area contributed by atoms with Crippen LogP contribution in [0.3, 0.4) is 0 Å². The fourth-order valence-electron chi connectivity index (χ4n) is 2.35. The maximum absolute atomic E-state index is 11.5. The Hall–Kier alpha value is 0.220. The standard InChI is InChI=1S/C12H26N2O2S2/c1-4-12(10-17-2)13-8-11-6-5-7-14(9-11)18(3,15)16/h11-13H,4-10H2,1-3H3. The highest BCUT2D eigenvalue weighted by atomic mass is 32.2. The minimum atomic E-state index is -3.01. The van der Waals surface area contributed by atoms with Crippen molar-refractivity contribution in [2.45, 2.75) is 32.2 Å². The van der Waals surface area contributed by atoms with Gasteiger partial charge < -0.3 is 5.32 Å². The van der Waals surface area contributed by atoms with Crippen LogP contribution in [-0.4, -0.2) is 56.7 Å². The highest BCUT2D eigenvalue weighted by Gasteiger charge is 2.25. The van der Waals surface area contributed by atoms with E-state index in [0.29, 0.717) is 25.0 Å². The van der Waals surface area contributed by atoms with Crippen LogP contribution in [0.25, 0.3) is 0 Å². The quantitative estimate of drug-likeness (QED) is 0.771. The second kappa shape index (κ2) is 7.72. The van der Waals surface area contributed by atoms with E-state index in [1.165, 1.54) is 6.26 Å². The van der Waals surface area contributed by atoms with Gasteiger partial charge in [0.2, 0.25) is 10.0 Å². The highest BCUT2D eigenvalue weighted by Crippen LogP contribution is 2.18. The predicted molar refractivity (Wildman–Crippen MR) is 79.6 cm³/mol. The molecule has 1 heterocycles. The topological polar surface area (TPSA) is 49.4 Å². The average molecular weight is 294 g/mol. The molecule has 0 saturated carbocycles. The maximum atomic E-state index is 11.5. The first-order valence-corrected chi connectivity index (χ1v) is 9.89. The van der Waals surface area contributed by atoms with Crippen molar-refractivity contribution in [1.29, 1.82) is 0 Å². The fourth-order valence-corrected chi connectivity index (χ4v) is 4.05. The average Bonchev–Trinajstić information content (AvgIpc) is 2.34. The van der Waals surface area contributed by atoms with Crippen molar-refractivity contribution >= 4 is 21.8 Å². The first-order valence-electron chi connectivity index (χ1n) is 6.64. The number of nitrogens with one attached hydrogen (secondary N) is 1. The van der Waals surface area contributed by atoms with Crippen molar-refractivity contribution in [1.82, 2.24) is 9.62 Å². The summed E-state index contributed by atoms with van der Waals surface area (Å²) in [4.78, 5) is 0. The van der Waals surface area contributed by atoms with E-state index in [9.17, 15) is 8.42 Å². The van der Waals surface area contributed by atoms with Crippen LogP contribution in [0.4, 0.5) is 0 Å². The van der Waals surface area contributed by atoms with Gasteiger partial charge in [0.05, 0.1) is 6.26 Å². The van der Waals surface area contributed by atoms with Crippen LogP contribution in [-0.2, 0) is 10.0 Å². The summed E-state index contributed by atoms with van der Waals surface area (Å²) in [5, 5.41) is 3.57. The highest BCUT2D eigenvalue weighted by molar-refractivity contribution is 7.98. The number of thioether (sulfide) groups is 1. The van der Waals surface area contributed by atoms with E-state index in [2.05, 4.69) is 18.5 Å². The van der Waals surface area contributed by atoms with Crippen molar-refractivity contribution in [3.05, 3.63) is 0 Å². The summed E-state index contributed by atoms with van der Waals surface area (Å²) in [5.74, 6) is 1.59. The monoisotopic (exact) mass is 294 g/mol. The van der Waals surface area contributed by atoms with Crippen molar-refractivity contribution in [2.75, 3.05) is 37.9 Å². The first-order chi connectivity index (χ1) is 8.47. The van der Waals surface area contributed by atoms with Crippen LogP contribution in [0.2, 0.25) is 0 Å². The van der Waals surface area contributed by atoms with E-state index in [1.807, 2.05) is 11.8 Å². The molecule has 1 aliphatic rings. The second-order valence-corrected chi connectivity index (χ2v) is 7.99. The van der Waals surface area contributed by atoms with Gasteiger partial charge in [-0.2, -0.15) is 11.8 Å². The van der Waals surface area contributed by atoms with Crippen LogP contribution in [0, 0.1) is 5.92 Å². The van der Waals surface area contributed by atoms with Crippen LogP contribution >= 0.6 is 11.8 Å². The molecule has 0 radical (unpaired) electrons. The molecule has 1 saturated heterocycles. The van der Waals surface area contributed by atoms with Gasteiger partial charge >= 0.3 is 0 Å². The Labute approximate surface area is 116 Å². The molecule has 108 valence electrons. The molecule has 2 unspecified atom stereocenters. The molecule has 0 amide bonds. The summed E-state index contributed by atoms with van der Waals surface area (Å²) in [6.07, 6.45) is 6.68. The van der Waals surface area contributed by atoms with E-state index in [1.54, 1.807) is 4.31 Å². The Kier molecular flexibility index (Phi) is 6.98. The van der Waals surface area contributed by atoms with Crippen LogP contribution in [0.15, 0.2) is 0 Å². The third kappa shape index (κ3) is 5.47. The summed E-state index contributed by atoms with van der Waals surface area (Å²) >= 11 is 1.86. The molecule has 1 fully saturated rings. The lowest BCUT2D eigenvalue weighted by molar-refractivity contribution is 0.256. The molecule has 18 heavy (non-hydrogen) atoms. The predicted octanol–water partition coefficient (Wildman–Crippen LogP) is 1.39. The van der Waals surface area contributed by atoms with E-state index in [4.69, 9.17) is 0 Å². The van der Waals surface area contributed by atoms with Gasteiger partial charge in [-0.15, -0.1) is 0 Å². The number of sulfonamides is 1. The van der Waals surface area contributed by atoms with Gasteiger partial charge in [0.15, 0.2) is 0 Å². The van der Waals surface area contributed by atoms with E-state index >= 15 is 0 Å². The molecule has 1 rings (SSSR count). The zero-order valence-corrected chi connectivity index (χ0v) is 13.3. The Balaban J connectivity index is 2.38. The third-order valence-corrected chi connectivity index (χ3v) is 5.51. The first kappa shape index (κ1) is 16.3. The van der Waals surface area contributed by atoms with Crippen LogP contribution < -0.4 is 5.32 Å². The van der Waals surface area contributed by atoms with Gasteiger partial charge in [-0.1, -0.05) is 6.92 Å². The van der Waals surface area contributed by atoms with E-state index < -0.39 is 10.0 Å². The van der Waals surface area contributed by atoms with Gasteiger partial charge in [0.25, 0.3) is 0 Å². The summed E-state index contributed by atoms with van der Waals surface area (Å²) in [7, 11) is -3.01. The van der Waals surface area contributed by atoms with Crippen molar-refractivity contribution in [3.63, 3.8) is 0 Å². The van der Waals surface area contributed by atoms with Gasteiger partial charge in [-0.3, -0.25) is 0 Å². The fraction of sp³-hybridized carbons (Fsp3) is 1.00. The number of piperidine rings is 1. The normalized spacial score (nSPS) is 24.1. The minimum Gasteiger partial charge on any atom is -0.313 e. The molecule has 4 nitrogen and oxygen atoms in total. The van der Waals surface area contributed by atoms with E-state index in [-0.39, 0.29) is 0 Å². The van der Waals surface area contributed by atoms with Gasteiger partial charge in [-0.25, -0.2) is 12.7 Å². The molecular formula is C12H26N2O2S2. The van der Waals surface area contributed by atoms with Crippen molar-refractivity contribution < 1.29 is 8.42 Å². The molecular weight excluding hydrogens is 268 g/mol. The molecule has 2 atom stereocenters. The Morgan fingerprint density at radius 3 is 2.78 bits per heavy atom. The molecule has 0 aliphatic carbocycles. The second-order valence-electron chi connectivity index (χ2n) is 5.10. The largest absolute Gasteiger partial charge is 0.313 e. The molecule has 0 spiro atoms. The SMILES string of the molecule is CCC(CSC)NCC1CCCN(S(C)(=O)=O)C1. The van der Waals surface area contributed by atoms with Gasteiger partial charge in [0.1, 0.15) is 0 Å². The summed E-state index contributed by atoms with van der Waals surface area (Å²) in [6.45, 7) is 4.50. The lowest BCUT2D eigenvalue weighted by Gasteiger charge is -2.32. The summed E-state index contributed by atoms with van der Waals surface area (Å²) in [5.41, 5.74) is 0. The Morgan fingerprint density at radius 2 is 2.22 bits per heavy atom. The Morgan fingerprint density at radius 1 is 1.50 bits per heavy atom. The third-order valence-electron chi connectivity index (χ3n) is 3.51. The molecule has 0 aromatic heterocycles. The molecule has 0 bridgehead atoms. The van der Waals surface area contributed by atoms with Crippen molar-refractivity contribution in [2.24, 2.45) is 5.92 Å². The lowest BCUT2D eigenvalue weighted by Crippen LogP contribution is -2.44. The minimum absolute atomic E-state index is 0.462. The molecule has 1 aliphatic heterocycles. The maximum Gasteiger partial charge on any atom is 0.211 e. The number of hydrogen-bond donors (Lipinski definition) is 1. The zero-order chi connectivity index (χ0) is 13.6. The summed E-state index contributed by atoms with van der Waals surface area (Å²) < 4.78 is 24.7. The number of rotatable bonds is 7. The lowest BCUT2D eigenvalue weighted by atomic mass is 9.99. The Bertz CT molecular complexity index is 333. The van der Waals surface area contributed by atoms with Crippen molar-refractivity contribution in [3.8, 4) is 0 Å². The van der Waals surface area contributed by atoms with Crippen LogP contribution in [0.1, 0.15) is 26.2 Å². The molecule has 1 N–H and O–H groups in total. The summed E-state index contributed by atoms with van der Waals surface area (Å²) in [6, 6.07) is 0.550.